The molecule has 0 unspecified atom stereocenters. The lowest BCUT2D eigenvalue weighted by Crippen LogP contribution is -2.45. The zero-order chi connectivity index (χ0) is 20.2. The van der Waals surface area contributed by atoms with Gasteiger partial charge < -0.3 is 20.4 Å². The van der Waals surface area contributed by atoms with Crippen LogP contribution >= 0.6 is 0 Å². The Labute approximate surface area is 168 Å². The molecule has 0 spiro atoms. The predicted octanol–water partition coefficient (Wildman–Crippen LogP) is 2.40. The molecule has 1 atom stereocenters. The summed E-state index contributed by atoms with van der Waals surface area (Å²) in [6.07, 6.45) is 1.72. The maximum atomic E-state index is 13.2. The Balaban J connectivity index is 1.58. The highest BCUT2D eigenvalue weighted by atomic mass is 19.1. The summed E-state index contributed by atoms with van der Waals surface area (Å²) in [7, 11) is 2.10. The first-order chi connectivity index (χ1) is 14.1. The second-order valence-corrected chi connectivity index (χ2v) is 7.08. The van der Waals surface area contributed by atoms with Crippen LogP contribution in [0.4, 0.5) is 28.1 Å². The second-order valence-electron chi connectivity index (χ2n) is 7.08. The van der Waals surface area contributed by atoms with Crippen molar-refractivity contribution in [3.63, 3.8) is 0 Å². The molecule has 0 bridgehead atoms. The number of nitrogens with one attached hydrogen (secondary N) is 3. The quantitative estimate of drug-likeness (QED) is 0.583. The molecule has 2 aromatic heterocycles. The zero-order valence-corrected chi connectivity index (χ0v) is 16.4. The highest BCUT2D eigenvalue weighted by Gasteiger charge is 2.19. The second kappa shape index (κ2) is 8.39. The maximum absolute atomic E-state index is 13.2. The largest absolute Gasteiger partial charge is 0.348 e. The van der Waals surface area contributed by atoms with E-state index >= 15 is 0 Å². The van der Waals surface area contributed by atoms with Crippen molar-refractivity contribution >= 4 is 23.7 Å². The van der Waals surface area contributed by atoms with Crippen LogP contribution in [0.25, 0.3) is 0 Å². The first-order valence-electron chi connectivity index (χ1n) is 9.55. The van der Waals surface area contributed by atoms with Crippen LogP contribution in [0.5, 0.6) is 0 Å². The molecule has 1 aliphatic heterocycles. The zero-order valence-electron chi connectivity index (χ0n) is 16.4. The lowest BCUT2D eigenvalue weighted by atomic mass is 10.1. The summed E-state index contributed by atoms with van der Waals surface area (Å²) in [6, 6.07) is 8.09. The van der Waals surface area contributed by atoms with E-state index in [9.17, 15) is 4.39 Å². The number of rotatable bonds is 6. The molecule has 152 valence electrons. The smallest absolute Gasteiger partial charge is 0.235 e. The number of hydrogen-bond acceptors (Lipinski definition) is 8. The van der Waals surface area contributed by atoms with Crippen LogP contribution in [0.3, 0.4) is 0 Å². The minimum absolute atomic E-state index is 0.100. The predicted molar refractivity (Wildman–Crippen MR) is 110 cm³/mol. The average molecular weight is 397 g/mol. The van der Waals surface area contributed by atoms with Crippen molar-refractivity contribution in [1.82, 2.24) is 30.0 Å². The van der Waals surface area contributed by atoms with Gasteiger partial charge in [-0.25, -0.2) is 4.39 Å². The monoisotopic (exact) mass is 397 g/mol. The molecule has 0 amide bonds. The number of likely N-dealkylation sites (N-methyl/N-ethyl adjacent to an activating group) is 1. The summed E-state index contributed by atoms with van der Waals surface area (Å²) in [4.78, 5) is 18.1. The number of nitrogens with zero attached hydrogens (tertiary/aromatic N) is 6. The van der Waals surface area contributed by atoms with E-state index in [1.165, 1.54) is 12.1 Å². The van der Waals surface area contributed by atoms with E-state index in [2.05, 4.69) is 52.6 Å². The summed E-state index contributed by atoms with van der Waals surface area (Å²) >= 11 is 0. The number of aromatic amines is 1. The number of hydrogen-bond donors (Lipinski definition) is 3. The Morgan fingerprint density at radius 3 is 2.41 bits per heavy atom. The third kappa shape index (κ3) is 4.77. The number of aromatic nitrogens is 5. The molecule has 0 radical (unpaired) electrons. The molecule has 29 heavy (non-hydrogen) atoms. The standard InChI is InChI=1S/C19H24FN9/c1-13(14-3-5-15(20)6-4-14)22-17-24-18(23-16-7-8-21-27-16)26-19(25-17)29-11-9-28(2)10-12-29/h3-8,13H,9-12H2,1-2H3,(H3,21,22,23,24,25,26,27)/t13-/m0/s1. The van der Waals surface area contributed by atoms with Crippen molar-refractivity contribution in [1.29, 1.82) is 0 Å². The fourth-order valence-electron chi connectivity index (χ4n) is 3.11. The van der Waals surface area contributed by atoms with E-state index in [1.807, 2.05) is 6.92 Å². The van der Waals surface area contributed by atoms with Gasteiger partial charge in [0.1, 0.15) is 5.82 Å². The normalized spacial score (nSPS) is 15.9. The Morgan fingerprint density at radius 2 is 1.72 bits per heavy atom. The fraction of sp³-hybridized carbons (Fsp3) is 0.368. The van der Waals surface area contributed by atoms with Crippen molar-refractivity contribution < 1.29 is 4.39 Å². The van der Waals surface area contributed by atoms with Gasteiger partial charge in [-0.15, -0.1) is 0 Å². The summed E-state index contributed by atoms with van der Waals surface area (Å²) in [6.45, 7) is 5.56. The highest BCUT2D eigenvalue weighted by Crippen LogP contribution is 2.21. The third-order valence-corrected chi connectivity index (χ3v) is 4.87. The lowest BCUT2D eigenvalue weighted by molar-refractivity contribution is 0.311. The minimum atomic E-state index is -0.260. The van der Waals surface area contributed by atoms with Crippen LogP contribution in [0.2, 0.25) is 0 Å². The topological polar surface area (TPSA) is 97.9 Å². The maximum Gasteiger partial charge on any atom is 0.235 e. The molecule has 9 nitrogen and oxygen atoms in total. The lowest BCUT2D eigenvalue weighted by Gasteiger charge is -2.32. The Hall–Kier alpha value is -3.27. The Kier molecular flexibility index (Phi) is 5.52. The molecule has 1 fully saturated rings. The number of halogens is 1. The number of anilines is 4. The number of piperazine rings is 1. The molecule has 0 saturated carbocycles. The van der Waals surface area contributed by atoms with Crippen molar-refractivity contribution in [2.45, 2.75) is 13.0 Å². The summed E-state index contributed by atoms with van der Waals surface area (Å²) in [5, 5.41) is 13.3. The van der Waals surface area contributed by atoms with E-state index in [-0.39, 0.29) is 11.9 Å². The van der Waals surface area contributed by atoms with Crippen molar-refractivity contribution in [2.75, 3.05) is 48.8 Å². The van der Waals surface area contributed by atoms with Gasteiger partial charge in [0.2, 0.25) is 17.8 Å². The van der Waals surface area contributed by atoms with Crippen molar-refractivity contribution in [2.24, 2.45) is 0 Å². The van der Waals surface area contributed by atoms with Gasteiger partial charge in [0.25, 0.3) is 0 Å². The molecule has 1 aliphatic rings. The molecule has 0 aliphatic carbocycles. The molecule has 3 heterocycles. The minimum Gasteiger partial charge on any atom is -0.348 e. The van der Waals surface area contributed by atoms with E-state index < -0.39 is 0 Å². The van der Waals surface area contributed by atoms with Gasteiger partial charge in [0.15, 0.2) is 5.82 Å². The Bertz CT molecular complexity index is 921. The van der Waals surface area contributed by atoms with E-state index in [0.717, 1.165) is 31.7 Å². The number of H-pyrrole nitrogens is 1. The van der Waals surface area contributed by atoms with E-state index in [4.69, 9.17) is 0 Å². The van der Waals surface area contributed by atoms with Gasteiger partial charge in [-0.1, -0.05) is 12.1 Å². The van der Waals surface area contributed by atoms with Gasteiger partial charge in [-0.2, -0.15) is 20.1 Å². The average Bonchev–Trinajstić information content (AvgIpc) is 3.22. The molecule has 1 aromatic carbocycles. The summed E-state index contributed by atoms with van der Waals surface area (Å²) < 4.78 is 13.2. The van der Waals surface area contributed by atoms with Gasteiger partial charge in [0, 0.05) is 38.4 Å². The number of benzene rings is 1. The molecular formula is C19H24FN9. The third-order valence-electron chi connectivity index (χ3n) is 4.87. The molecule has 4 rings (SSSR count). The Morgan fingerprint density at radius 1 is 1.00 bits per heavy atom. The van der Waals surface area contributed by atoms with Gasteiger partial charge in [-0.05, 0) is 31.7 Å². The van der Waals surface area contributed by atoms with Crippen LogP contribution in [-0.4, -0.2) is 63.3 Å². The van der Waals surface area contributed by atoms with Crippen molar-refractivity contribution in [3.8, 4) is 0 Å². The first kappa shape index (κ1) is 19.1. The van der Waals surface area contributed by atoms with Crippen LogP contribution < -0.4 is 15.5 Å². The molecule has 3 N–H and O–H groups in total. The van der Waals surface area contributed by atoms with Crippen LogP contribution in [0.1, 0.15) is 18.5 Å². The SMILES string of the molecule is C[C@H](Nc1nc(Nc2cc[nH]n2)nc(N2CCN(C)CC2)n1)c1ccc(F)cc1. The van der Waals surface area contributed by atoms with Crippen molar-refractivity contribution in [3.05, 3.63) is 47.9 Å². The van der Waals surface area contributed by atoms with Crippen LogP contribution in [-0.2, 0) is 0 Å². The molecule has 3 aromatic rings. The van der Waals surface area contributed by atoms with Gasteiger partial charge in [0.05, 0.1) is 6.04 Å². The van der Waals surface area contributed by atoms with Crippen LogP contribution in [0, 0.1) is 5.82 Å². The molecule has 10 heteroatoms. The summed E-state index contributed by atoms with van der Waals surface area (Å²) in [5.41, 5.74) is 0.940. The molecule has 1 saturated heterocycles. The van der Waals surface area contributed by atoms with E-state index in [1.54, 1.807) is 24.4 Å². The molecular weight excluding hydrogens is 373 g/mol. The first-order valence-corrected chi connectivity index (χ1v) is 9.55. The van der Waals surface area contributed by atoms with Gasteiger partial charge in [-0.3, -0.25) is 5.10 Å². The van der Waals surface area contributed by atoms with E-state index in [0.29, 0.717) is 23.7 Å². The van der Waals surface area contributed by atoms with Gasteiger partial charge >= 0.3 is 0 Å². The highest BCUT2D eigenvalue weighted by molar-refractivity contribution is 5.52. The summed E-state index contributed by atoms with van der Waals surface area (Å²) in [5.74, 6) is 1.83. The fourth-order valence-corrected chi connectivity index (χ4v) is 3.11. The van der Waals surface area contributed by atoms with Crippen LogP contribution in [0.15, 0.2) is 36.5 Å².